The lowest BCUT2D eigenvalue weighted by Crippen LogP contribution is -2.48. The number of amides is 2. The summed E-state index contributed by atoms with van der Waals surface area (Å²) in [7, 11) is 1.38. The van der Waals surface area contributed by atoms with Gasteiger partial charge in [0.15, 0.2) is 6.04 Å². The zero-order chi connectivity index (χ0) is 13.4. The highest BCUT2D eigenvalue weighted by Crippen LogP contribution is 2.05. The maximum Gasteiger partial charge on any atom is 0.328 e. The van der Waals surface area contributed by atoms with Gasteiger partial charge in [-0.05, 0) is 28.8 Å². The Hall–Kier alpha value is -1.60. The second-order valence-corrected chi connectivity index (χ2v) is 4.41. The van der Waals surface area contributed by atoms with Crippen LogP contribution in [0.1, 0.15) is 5.56 Å². The standard InChI is InChI=1S/C11H16N2O4S/c1-17-6-9(10(14)15)13-11(16)12-4-2-8-3-5-18-7-8/h3,5,7,9H,2,4,6H2,1H3,(H,14,15)(H2,12,13,16). The van der Waals surface area contributed by atoms with Crippen LogP contribution in [0.3, 0.4) is 0 Å². The van der Waals surface area contributed by atoms with Crippen LogP contribution in [0.15, 0.2) is 16.8 Å². The summed E-state index contributed by atoms with van der Waals surface area (Å²) in [6, 6.07) is 0.445. The fourth-order valence-electron chi connectivity index (χ4n) is 1.31. The first-order valence-electron chi connectivity index (χ1n) is 5.40. The van der Waals surface area contributed by atoms with Crippen molar-refractivity contribution in [3.63, 3.8) is 0 Å². The molecule has 0 aliphatic carbocycles. The molecular formula is C11H16N2O4S. The van der Waals surface area contributed by atoms with Gasteiger partial charge in [-0.3, -0.25) is 0 Å². The first-order chi connectivity index (χ1) is 8.63. The lowest BCUT2D eigenvalue weighted by molar-refractivity contribution is -0.140. The van der Waals surface area contributed by atoms with E-state index in [4.69, 9.17) is 9.84 Å². The molecule has 0 aromatic carbocycles. The van der Waals surface area contributed by atoms with Gasteiger partial charge in [-0.25, -0.2) is 9.59 Å². The predicted octanol–water partition coefficient (Wildman–Crippen LogP) is 0.689. The highest BCUT2D eigenvalue weighted by atomic mass is 32.1. The number of urea groups is 1. The molecule has 0 fully saturated rings. The van der Waals surface area contributed by atoms with Crippen LogP contribution in [0, 0.1) is 0 Å². The minimum absolute atomic E-state index is 0.0622. The summed E-state index contributed by atoms with van der Waals surface area (Å²) >= 11 is 1.60. The summed E-state index contributed by atoms with van der Waals surface area (Å²) in [6.45, 7) is 0.398. The molecule has 0 bridgehead atoms. The highest BCUT2D eigenvalue weighted by molar-refractivity contribution is 7.07. The van der Waals surface area contributed by atoms with E-state index in [0.717, 1.165) is 12.0 Å². The van der Waals surface area contributed by atoms with E-state index in [1.54, 1.807) is 11.3 Å². The van der Waals surface area contributed by atoms with Crippen LogP contribution in [0.2, 0.25) is 0 Å². The number of hydrogen-bond acceptors (Lipinski definition) is 4. The first kappa shape index (κ1) is 14.5. The van der Waals surface area contributed by atoms with Crippen molar-refractivity contribution in [2.24, 2.45) is 0 Å². The minimum Gasteiger partial charge on any atom is -0.480 e. The summed E-state index contributed by atoms with van der Waals surface area (Å²) in [6.07, 6.45) is 0.721. The van der Waals surface area contributed by atoms with E-state index in [0.29, 0.717) is 6.54 Å². The number of thiophene rings is 1. The van der Waals surface area contributed by atoms with Gasteiger partial charge in [-0.1, -0.05) is 0 Å². The number of aliphatic carboxylic acids is 1. The summed E-state index contributed by atoms with van der Waals surface area (Å²) in [5, 5.41) is 17.7. The lowest BCUT2D eigenvalue weighted by atomic mass is 10.2. The van der Waals surface area contributed by atoms with Gasteiger partial charge in [0.25, 0.3) is 0 Å². The van der Waals surface area contributed by atoms with Gasteiger partial charge in [0.1, 0.15) is 0 Å². The molecule has 0 aliphatic rings. The third kappa shape index (κ3) is 5.15. The molecule has 1 aromatic heterocycles. The third-order valence-corrected chi connectivity index (χ3v) is 2.95. The molecule has 7 heteroatoms. The molecule has 100 valence electrons. The van der Waals surface area contributed by atoms with Crippen molar-refractivity contribution in [2.45, 2.75) is 12.5 Å². The van der Waals surface area contributed by atoms with Gasteiger partial charge in [0.05, 0.1) is 6.61 Å². The molecule has 0 aliphatic heterocycles. The number of carbonyl (C=O) groups is 2. The second kappa shape index (κ2) is 7.67. The van der Waals surface area contributed by atoms with Gasteiger partial charge >= 0.3 is 12.0 Å². The maximum absolute atomic E-state index is 11.4. The molecule has 18 heavy (non-hydrogen) atoms. The van der Waals surface area contributed by atoms with E-state index in [2.05, 4.69) is 10.6 Å². The van der Waals surface area contributed by atoms with E-state index in [9.17, 15) is 9.59 Å². The molecular weight excluding hydrogens is 256 g/mol. The predicted molar refractivity (Wildman–Crippen MR) is 67.9 cm³/mol. The number of carboxylic acid groups (broad SMARTS) is 1. The van der Waals surface area contributed by atoms with E-state index in [1.807, 2.05) is 16.8 Å². The van der Waals surface area contributed by atoms with Crippen LogP contribution in [0.5, 0.6) is 0 Å². The average molecular weight is 272 g/mol. The molecule has 2 amide bonds. The Morgan fingerprint density at radius 2 is 2.33 bits per heavy atom. The van der Waals surface area contributed by atoms with Crippen molar-refractivity contribution < 1.29 is 19.4 Å². The van der Waals surface area contributed by atoms with Crippen LogP contribution >= 0.6 is 11.3 Å². The molecule has 1 atom stereocenters. The van der Waals surface area contributed by atoms with Gasteiger partial charge in [-0.2, -0.15) is 11.3 Å². The quantitative estimate of drug-likeness (QED) is 0.681. The molecule has 1 rings (SSSR count). The molecule has 0 spiro atoms. The lowest BCUT2D eigenvalue weighted by Gasteiger charge is -2.13. The second-order valence-electron chi connectivity index (χ2n) is 3.63. The van der Waals surface area contributed by atoms with Gasteiger partial charge in [0, 0.05) is 13.7 Å². The molecule has 0 saturated heterocycles. The van der Waals surface area contributed by atoms with E-state index in [-0.39, 0.29) is 6.61 Å². The summed E-state index contributed by atoms with van der Waals surface area (Å²) < 4.78 is 4.71. The summed E-state index contributed by atoms with van der Waals surface area (Å²) in [5.41, 5.74) is 1.15. The molecule has 0 saturated carbocycles. The van der Waals surface area contributed by atoms with Crippen molar-refractivity contribution in [2.75, 3.05) is 20.3 Å². The van der Waals surface area contributed by atoms with Gasteiger partial charge in [-0.15, -0.1) is 0 Å². The molecule has 1 unspecified atom stereocenters. The molecule has 1 heterocycles. The molecule has 3 N–H and O–H groups in total. The number of hydrogen-bond donors (Lipinski definition) is 3. The highest BCUT2D eigenvalue weighted by Gasteiger charge is 2.19. The van der Waals surface area contributed by atoms with Crippen LogP contribution in [0.4, 0.5) is 4.79 Å². The van der Waals surface area contributed by atoms with Crippen LogP contribution in [0.25, 0.3) is 0 Å². The van der Waals surface area contributed by atoms with Crippen LogP contribution in [-0.4, -0.2) is 43.4 Å². The SMILES string of the molecule is COCC(NC(=O)NCCc1ccsc1)C(=O)O. The first-order valence-corrected chi connectivity index (χ1v) is 6.35. The van der Waals surface area contributed by atoms with Crippen molar-refractivity contribution in [3.8, 4) is 0 Å². The number of carbonyl (C=O) groups excluding carboxylic acids is 1. The Labute approximate surface area is 109 Å². The minimum atomic E-state index is -1.12. The fourth-order valence-corrected chi connectivity index (χ4v) is 2.01. The van der Waals surface area contributed by atoms with Crippen molar-refractivity contribution in [1.29, 1.82) is 0 Å². The average Bonchev–Trinajstić information content (AvgIpc) is 2.81. The monoisotopic (exact) mass is 272 g/mol. The van der Waals surface area contributed by atoms with Gasteiger partial charge in [0.2, 0.25) is 0 Å². The Balaban J connectivity index is 2.25. The maximum atomic E-state index is 11.4. The number of nitrogens with one attached hydrogen (secondary N) is 2. The Kier molecular flexibility index (Phi) is 6.16. The Morgan fingerprint density at radius 3 is 2.89 bits per heavy atom. The van der Waals surface area contributed by atoms with E-state index in [1.165, 1.54) is 7.11 Å². The third-order valence-electron chi connectivity index (χ3n) is 2.22. The normalized spacial score (nSPS) is 11.8. The van der Waals surface area contributed by atoms with Crippen molar-refractivity contribution in [1.82, 2.24) is 10.6 Å². The van der Waals surface area contributed by atoms with E-state index >= 15 is 0 Å². The number of rotatable bonds is 7. The summed E-state index contributed by atoms with van der Waals surface area (Å²) in [5.74, 6) is -1.12. The molecule has 6 nitrogen and oxygen atoms in total. The van der Waals surface area contributed by atoms with Crippen LogP contribution in [-0.2, 0) is 16.0 Å². The van der Waals surface area contributed by atoms with Crippen LogP contribution < -0.4 is 10.6 Å². The Morgan fingerprint density at radius 1 is 1.56 bits per heavy atom. The number of methoxy groups -OCH3 is 1. The summed E-state index contributed by atoms with van der Waals surface area (Å²) in [4.78, 5) is 22.2. The number of carboxylic acids is 1. The molecule has 0 radical (unpaired) electrons. The fraction of sp³-hybridized carbons (Fsp3) is 0.455. The number of ether oxygens (including phenoxy) is 1. The van der Waals surface area contributed by atoms with E-state index < -0.39 is 18.0 Å². The smallest absolute Gasteiger partial charge is 0.328 e. The zero-order valence-electron chi connectivity index (χ0n) is 10.0. The topological polar surface area (TPSA) is 87.7 Å². The molecule has 1 aromatic rings. The Bertz CT molecular complexity index is 380. The van der Waals surface area contributed by atoms with Crippen molar-refractivity contribution >= 4 is 23.3 Å². The van der Waals surface area contributed by atoms with Crippen molar-refractivity contribution in [3.05, 3.63) is 22.4 Å². The van der Waals surface area contributed by atoms with Gasteiger partial charge < -0.3 is 20.5 Å². The largest absolute Gasteiger partial charge is 0.480 e. The zero-order valence-corrected chi connectivity index (χ0v) is 10.8.